The number of aromatic nitrogens is 2. The van der Waals surface area contributed by atoms with Crippen molar-refractivity contribution in [2.75, 3.05) is 26.2 Å². The zero-order valence-electron chi connectivity index (χ0n) is 17.8. The number of aliphatic imine (C=N–C) groups is 1. The number of rotatable bonds is 8. The van der Waals surface area contributed by atoms with E-state index in [1.807, 2.05) is 6.20 Å². The van der Waals surface area contributed by atoms with Crippen molar-refractivity contribution in [1.82, 2.24) is 20.0 Å². The minimum absolute atomic E-state index is 0. The van der Waals surface area contributed by atoms with Gasteiger partial charge in [0.15, 0.2) is 5.96 Å². The molecule has 0 saturated heterocycles. The van der Waals surface area contributed by atoms with Crippen molar-refractivity contribution in [3.05, 3.63) is 35.8 Å². The molecule has 0 spiro atoms. The van der Waals surface area contributed by atoms with Crippen LogP contribution in [0, 0.1) is 12.3 Å². The molecule has 29 heavy (non-hydrogen) atoms. The molecule has 7 heteroatoms. The van der Waals surface area contributed by atoms with Crippen LogP contribution >= 0.6 is 24.0 Å². The van der Waals surface area contributed by atoms with Crippen LogP contribution in [0.4, 0.5) is 0 Å². The maximum Gasteiger partial charge on any atom is 0.191 e. The van der Waals surface area contributed by atoms with Crippen molar-refractivity contribution < 1.29 is 5.11 Å². The summed E-state index contributed by atoms with van der Waals surface area (Å²) in [6, 6.07) is 4.14. The topological polar surface area (TPSA) is 74.0 Å². The summed E-state index contributed by atoms with van der Waals surface area (Å²) in [6.07, 6.45) is 12.0. The normalized spacial score (nSPS) is 16.4. The third-order valence-corrected chi connectivity index (χ3v) is 5.87. The Balaban J connectivity index is 0.00000300. The number of nitrogens with one attached hydrogen (secondary N) is 2. The second kappa shape index (κ2) is 11.7. The highest BCUT2D eigenvalue weighted by atomic mass is 127. The van der Waals surface area contributed by atoms with Crippen LogP contribution in [-0.4, -0.2) is 46.7 Å². The number of fused-ring (bicyclic) bond motifs is 1. The summed E-state index contributed by atoms with van der Waals surface area (Å²) < 4.78 is 2.09. The van der Waals surface area contributed by atoms with Gasteiger partial charge in [-0.25, -0.2) is 4.98 Å². The predicted octanol–water partition coefficient (Wildman–Crippen LogP) is 3.69. The van der Waals surface area contributed by atoms with Crippen LogP contribution < -0.4 is 10.6 Å². The summed E-state index contributed by atoms with van der Waals surface area (Å²) in [5.74, 6) is 0.866. The second-order valence-electron chi connectivity index (χ2n) is 8.06. The van der Waals surface area contributed by atoms with Crippen LogP contribution in [0.2, 0.25) is 0 Å². The van der Waals surface area contributed by atoms with Gasteiger partial charge in [0, 0.05) is 45.1 Å². The van der Waals surface area contributed by atoms with Crippen molar-refractivity contribution in [3.8, 4) is 0 Å². The van der Waals surface area contributed by atoms with E-state index in [0.29, 0.717) is 0 Å². The van der Waals surface area contributed by atoms with E-state index >= 15 is 0 Å². The maximum atomic E-state index is 9.51. The number of pyridine rings is 1. The molecule has 0 aromatic carbocycles. The third kappa shape index (κ3) is 6.57. The summed E-state index contributed by atoms with van der Waals surface area (Å²) in [5, 5.41) is 16.3. The molecule has 1 fully saturated rings. The molecule has 0 aliphatic heterocycles. The third-order valence-electron chi connectivity index (χ3n) is 5.87. The van der Waals surface area contributed by atoms with Gasteiger partial charge in [-0.3, -0.25) is 4.99 Å². The number of aliphatic hydroxyl groups excluding tert-OH is 1. The number of guanidine groups is 1. The van der Waals surface area contributed by atoms with Gasteiger partial charge in [-0.1, -0.05) is 25.3 Å². The SMILES string of the molecule is CCNC(=NCC1(CCO)CCCCC1)NCCc1cn2cccc(C)c2n1.I. The van der Waals surface area contributed by atoms with Gasteiger partial charge in [-0.2, -0.15) is 0 Å². The Hall–Kier alpha value is -1.35. The van der Waals surface area contributed by atoms with Gasteiger partial charge in [0.05, 0.1) is 5.69 Å². The molecular formula is C22H36IN5O. The van der Waals surface area contributed by atoms with Gasteiger partial charge in [0.2, 0.25) is 0 Å². The van der Waals surface area contributed by atoms with E-state index in [2.05, 4.69) is 47.2 Å². The Morgan fingerprint density at radius 2 is 2.07 bits per heavy atom. The lowest BCUT2D eigenvalue weighted by molar-refractivity contribution is 0.137. The van der Waals surface area contributed by atoms with E-state index in [1.54, 1.807) is 0 Å². The summed E-state index contributed by atoms with van der Waals surface area (Å²) >= 11 is 0. The van der Waals surface area contributed by atoms with Crippen LogP contribution in [-0.2, 0) is 6.42 Å². The molecule has 0 amide bonds. The Morgan fingerprint density at radius 1 is 1.28 bits per heavy atom. The quantitative estimate of drug-likeness (QED) is 0.286. The Morgan fingerprint density at radius 3 is 2.76 bits per heavy atom. The average molecular weight is 513 g/mol. The highest BCUT2D eigenvalue weighted by Gasteiger charge is 2.31. The van der Waals surface area contributed by atoms with E-state index in [0.717, 1.165) is 49.8 Å². The maximum absolute atomic E-state index is 9.51. The molecule has 3 N–H and O–H groups in total. The second-order valence-corrected chi connectivity index (χ2v) is 8.06. The zero-order chi connectivity index (χ0) is 19.8. The summed E-state index contributed by atoms with van der Waals surface area (Å²) in [4.78, 5) is 9.62. The standard InChI is InChI=1S/C22H35N5O.HI/c1-3-23-21(25-17-22(12-15-28)10-5-4-6-11-22)24-13-9-19-16-27-14-7-8-18(2)20(27)26-19;/h7-8,14,16,28H,3-6,9-13,15,17H2,1-2H3,(H2,23,24,25);1H. The molecule has 0 radical (unpaired) electrons. The molecule has 3 rings (SSSR count). The summed E-state index contributed by atoms with van der Waals surface area (Å²) in [6.45, 7) is 6.86. The number of hydrogen-bond donors (Lipinski definition) is 3. The number of halogens is 1. The fourth-order valence-corrected chi connectivity index (χ4v) is 4.25. The van der Waals surface area contributed by atoms with E-state index in [4.69, 9.17) is 9.98 Å². The minimum Gasteiger partial charge on any atom is -0.396 e. The van der Waals surface area contributed by atoms with E-state index < -0.39 is 0 Å². The molecule has 162 valence electrons. The van der Waals surface area contributed by atoms with E-state index in [1.165, 1.54) is 37.7 Å². The fourth-order valence-electron chi connectivity index (χ4n) is 4.25. The Bertz CT molecular complexity index is 777. The summed E-state index contributed by atoms with van der Waals surface area (Å²) in [5.41, 5.74) is 3.48. The lowest BCUT2D eigenvalue weighted by Crippen LogP contribution is -2.40. The van der Waals surface area contributed by atoms with Crippen LogP contribution in [0.15, 0.2) is 29.5 Å². The van der Waals surface area contributed by atoms with Gasteiger partial charge in [0.1, 0.15) is 5.65 Å². The molecule has 6 nitrogen and oxygen atoms in total. The largest absolute Gasteiger partial charge is 0.396 e. The molecule has 0 bridgehead atoms. The van der Waals surface area contributed by atoms with Gasteiger partial charge in [0.25, 0.3) is 0 Å². The van der Waals surface area contributed by atoms with Crippen molar-refractivity contribution in [1.29, 1.82) is 0 Å². The van der Waals surface area contributed by atoms with Gasteiger partial charge < -0.3 is 20.1 Å². The van der Waals surface area contributed by atoms with Crippen LogP contribution in [0.25, 0.3) is 5.65 Å². The number of imidazole rings is 1. The Labute approximate surface area is 191 Å². The zero-order valence-corrected chi connectivity index (χ0v) is 20.1. The fraction of sp³-hybridized carbons (Fsp3) is 0.636. The lowest BCUT2D eigenvalue weighted by atomic mass is 9.72. The minimum atomic E-state index is 0. The monoisotopic (exact) mass is 513 g/mol. The highest BCUT2D eigenvalue weighted by molar-refractivity contribution is 14.0. The average Bonchev–Trinajstić information content (AvgIpc) is 3.12. The lowest BCUT2D eigenvalue weighted by Gasteiger charge is -2.35. The van der Waals surface area contributed by atoms with Crippen molar-refractivity contribution in [2.45, 2.75) is 58.8 Å². The van der Waals surface area contributed by atoms with Gasteiger partial charge >= 0.3 is 0 Å². The molecule has 1 saturated carbocycles. The molecule has 0 atom stereocenters. The molecule has 1 aliphatic carbocycles. The molecule has 0 unspecified atom stereocenters. The van der Waals surface area contributed by atoms with Gasteiger partial charge in [-0.05, 0) is 50.2 Å². The van der Waals surface area contributed by atoms with Crippen LogP contribution in [0.1, 0.15) is 56.7 Å². The first-order chi connectivity index (χ1) is 13.7. The van der Waals surface area contributed by atoms with Crippen LogP contribution in [0.5, 0.6) is 0 Å². The first kappa shape index (κ1) is 23.9. The van der Waals surface area contributed by atoms with Crippen molar-refractivity contribution in [2.24, 2.45) is 10.4 Å². The predicted molar refractivity (Wildman–Crippen MR) is 130 cm³/mol. The Kier molecular flexibility index (Phi) is 9.68. The first-order valence-electron chi connectivity index (χ1n) is 10.7. The summed E-state index contributed by atoms with van der Waals surface area (Å²) in [7, 11) is 0. The van der Waals surface area contributed by atoms with Crippen molar-refractivity contribution in [3.63, 3.8) is 0 Å². The number of aliphatic hydroxyl groups is 1. The molecule has 2 aromatic rings. The molecule has 2 heterocycles. The number of aryl methyl sites for hydroxylation is 1. The van der Waals surface area contributed by atoms with E-state index in [-0.39, 0.29) is 36.0 Å². The smallest absolute Gasteiger partial charge is 0.191 e. The molecular weight excluding hydrogens is 477 g/mol. The number of nitrogens with zero attached hydrogens (tertiary/aromatic N) is 3. The highest BCUT2D eigenvalue weighted by Crippen LogP contribution is 2.39. The van der Waals surface area contributed by atoms with E-state index in [9.17, 15) is 5.11 Å². The first-order valence-corrected chi connectivity index (χ1v) is 10.7. The molecule has 2 aromatic heterocycles. The number of hydrogen-bond acceptors (Lipinski definition) is 3. The molecule has 1 aliphatic rings. The van der Waals surface area contributed by atoms with Crippen LogP contribution in [0.3, 0.4) is 0 Å². The van der Waals surface area contributed by atoms with Crippen molar-refractivity contribution >= 4 is 35.6 Å². The van der Waals surface area contributed by atoms with Gasteiger partial charge in [-0.15, -0.1) is 24.0 Å².